The topological polar surface area (TPSA) is 98.6 Å². The van der Waals surface area contributed by atoms with Crippen LogP contribution in [0.2, 0.25) is 5.02 Å². The van der Waals surface area contributed by atoms with Gasteiger partial charge in [-0.15, -0.1) is 11.8 Å². The van der Waals surface area contributed by atoms with E-state index in [1.807, 2.05) is 48.5 Å². The Morgan fingerprint density at radius 1 is 1.12 bits per heavy atom. The minimum Gasteiger partial charge on any atom is -0.454 e. The summed E-state index contributed by atoms with van der Waals surface area (Å²) in [5, 5.41) is 8.24. The summed E-state index contributed by atoms with van der Waals surface area (Å²) in [6.45, 7) is 6.55. The van der Waals surface area contributed by atoms with Gasteiger partial charge in [0.25, 0.3) is 0 Å². The molecule has 4 aromatic rings. The van der Waals surface area contributed by atoms with Crippen LogP contribution in [0.25, 0.3) is 5.69 Å². The van der Waals surface area contributed by atoms with Crippen molar-refractivity contribution in [1.82, 2.24) is 20.1 Å². The van der Waals surface area contributed by atoms with Crippen molar-refractivity contribution in [3.8, 4) is 17.2 Å². The summed E-state index contributed by atoms with van der Waals surface area (Å²) in [5.41, 5.74) is 3.71. The summed E-state index contributed by atoms with van der Waals surface area (Å²) in [4.78, 5) is 32.9. The molecule has 0 aliphatic carbocycles. The molecule has 11 heteroatoms. The highest BCUT2D eigenvalue weighted by Gasteiger charge is 2.40. The summed E-state index contributed by atoms with van der Waals surface area (Å²) >= 11 is 8.21. The van der Waals surface area contributed by atoms with Gasteiger partial charge in [-0.1, -0.05) is 56.6 Å². The number of para-hydroxylation sites is 1. The molecule has 0 spiro atoms. The van der Waals surface area contributed by atoms with E-state index < -0.39 is 5.41 Å². The van der Waals surface area contributed by atoms with Gasteiger partial charge in [-0.3, -0.25) is 19.5 Å². The predicted molar refractivity (Wildman–Crippen MR) is 163 cm³/mol. The van der Waals surface area contributed by atoms with E-state index in [9.17, 15) is 9.59 Å². The number of amides is 2. The number of carbonyl (C=O) groups is 2. The SMILES string of the molecule is CC(C)(C)c1nn(-c2ccccc2Cl)c2c1[C@H](c1ccc3c(c1)OCO3)SCC(=O)N2CC(=O)NCc1cccnc1. The largest absolute Gasteiger partial charge is 0.454 e. The highest BCUT2D eigenvalue weighted by atomic mass is 35.5. The normalized spacial score (nSPS) is 16.2. The van der Waals surface area contributed by atoms with Crippen LogP contribution in [0.3, 0.4) is 0 Å². The van der Waals surface area contributed by atoms with Crippen LogP contribution in [0.1, 0.15) is 48.4 Å². The lowest BCUT2D eigenvalue weighted by Gasteiger charge is -2.24. The van der Waals surface area contributed by atoms with Gasteiger partial charge in [0.15, 0.2) is 11.5 Å². The van der Waals surface area contributed by atoms with Crippen molar-refractivity contribution < 1.29 is 19.1 Å². The number of halogens is 1. The number of benzene rings is 2. The van der Waals surface area contributed by atoms with E-state index in [0.29, 0.717) is 34.6 Å². The number of thioether (sulfide) groups is 1. The monoisotopic (exact) mass is 603 g/mol. The summed E-state index contributed by atoms with van der Waals surface area (Å²) < 4.78 is 13.0. The van der Waals surface area contributed by atoms with Crippen LogP contribution in [0, 0.1) is 0 Å². The Morgan fingerprint density at radius 3 is 2.69 bits per heavy atom. The highest BCUT2D eigenvalue weighted by Crippen LogP contribution is 2.50. The van der Waals surface area contributed by atoms with Crippen molar-refractivity contribution in [2.75, 3.05) is 24.0 Å². The van der Waals surface area contributed by atoms with Crippen molar-refractivity contribution in [3.05, 3.63) is 94.4 Å². The number of ether oxygens (including phenoxy) is 2. The number of fused-ring (bicyclic) bond motifs is 2. The number of hydrogen-bond acceptors (Lipinski definition) is 7. The van der Waals surface area contributed by atoms with E-state index in [1.54, 1.807) is 28.0 Å². The Morgan fingerprint density at radius 2 is 1.93 bits per heavy atom. The molecule has 0 fully saturated rings. The fourth-order valence-corrected chi connectivity index (χ4v) is 6.51. The molecule has 2 amide bonds. The quantitative estimate of drug-likeness (QED) is 0.314. The van der Waals surface area contributed by atoms with Gasteiger partial charge in [-0.05, 0) is 41.5 Å². The van der Waals surface area contributed by atoms with E-state index in [4.69, 9.17) is 26.2 Å². The first-order valence-corrected chi connectivity index (χ1v) is 15.0. The zero-order valence-corrected chi connectivity index (χ0v) is 25.0. The lowest BCUT2D eigenvalue weighted by Crippen LogP contribution is -2.42. The lowest BCUT2D eigenvalue weighted by molar-refractivity contribution is -0.123. The maximum Gasteiger partial charge on any atom is 0.240 e. The van der Waals surface area contributed by atoms with E-state index in [1.165, 1.54) is 11.8 Å². The molecule has 0 bridgehead atoms. The molecule has 6 rings (SSSR count). The molecule has 1 N–H and O–H groups in total. The number of hydrogen-bond donors (Lipinski definition) is 1. The number of nitrogens with zero attached hydrogens (tertiary/aromatic N) is 4. The molecule has 42 heavy (non-hydrogen) atoms. The molecule has 2 aromatic heterocycles. The maximum absolute atomic E-state index is 13.9. The number of rotatable bonds is 6. The fourth-order valence-electron chi connectivity index (χ4n) is 5.11. The van der Waals surface area contributed by atoms with Gasteiger partial charge in [0.1, 0.15) is 12.4 Å². The van der Waals surface area contributed by atoms with Gasteiger partial charge in [0, 0.05) is 29.9 Å². The van der Waals surface area contributed by atoms with Gasteiger partial charge in [-0.25, -0.2) is 4.68 Å². The molecular weight excluding hydrogens is 574 g/mol. The number of anilines is 1. The van der Waals surface area contributed by atoms with Crippen LogP contribution >= 0.6 is 23.4 Å². The smallest absolute Gasteiger partial charge is 0.240 e. The van der Waals surface area contributed by atoms with Crippen molar-refractivity contribution in [2.24, 2.45) is 0 Å². The number of carbonyl (C=O) groups excluding carboxylic acids is 2. The van der Waals surface area contributed by atoms with Crippen LogP contribution in [0.4, 0.5) is 5.82 Å². The fraction of sp³-hybridized carbons (Fsp3) is 0.290. The van der Waals surface area contributed by atoms with Gasteiger partial charge in [-0.2, -0.15) is 5.10 Å². The lowest BCUT2D eigenvalue weighted by atomic mass is 9.87. The Labute approximate surface area is 253 Å². The van der Waals surface area contributed by atoms with E-state index in [2.05, 4.69) is 31.1 Å². The molecule has 0 unspecified atom stereocenters. The molecule has 0 saturated heterocycles. The molecule has 0 saturated carbocycles. The molecular formula is C31H30ClN5O4S. The second-order valence-corrected chi connectivity index (χ2v) is 12.6. The number of nitrogens with one attached hydrogen (secondary N) is 1. The van der Waals surface area contributed by atoms with Gasteiger partial charge >= 0.3 is 0 Å². The van der Waals surface area contributed by atoms with Crippen LogP contribution in [-0.2, 0) is 21.5 Å². The van der Waals surface area contributed by atoms with Gasteiger partial charge in [0.2, 0.25) is 18.6 Å². The average molecular weight is 604 g/mol. The molecule has 2 aliphatic rings. The molecule has 216 valence electrons. The third kappa shape index (κ3) is 5.44. The third-order valence-electron chi connectivity index (χ3n) is 7.09. The minimum absolute atomic E-state index is 0.162. The first-order chi connectivity index (χ1) is 20.2. The maximum atomic E-state index is 13.9. The van der Waals surface area contributed by atoms with Crippen molar-refractivity contribution in [3.63, 3.8) is 0 Å². The molecule has 2 aliphatic heterocycles. The molecule has 9 nitrogen and oxygen atoms in total. The Balaban J connectivity index is 1.49. The van der Waals surface area contributed by atoms with Gasteiger partial charge in [0.05, 0.1) is 27.4 Å². The average Bonchev–Trinajstić information content (AvgIpc) is 3.58. The van der Waals surface area contributed by atoms with Crippen LogP contribution in [-0.4, -0.2) is 45.7 Å². The standard InChI is InChI=1S/C31H30ClN5O4S/c1-31(2,3)29-27-28(20-10-11-23-24(13-20)41-18-40-23)42-17-26(39)36(16-25(38)34-15-19-7-6-12-33-14-19)30(27)37(35-29)22-9-5-4-8-21(22)32/h4-14,28H,15-18H2,1-3H3,(H,34,38)/t28-/m0/s1. The molecule has 2 aromatic carbocycles. The molecule has 4 heterocycles. The Hall–Kier alpha value is -4.02. The van der Waals surface area contributed by atoms with E-state index in [0.717, 1.165) is 22.4 Å². The summed E-state index contributed by atoms with van der Waals surface area (Å²) in [7, 11) is 0. The Bertz CT molecular complexity index is 1650. The van der Waals surface area contributed by atoms with Crippen LogP contribution in [0.5, 0.6) is 11.5 Å². The van der Waals surface area contributed by atoms with E-state index >= 15 is 0 Å². The van der Waals surface area contributed by atoms with Crippen molar-refractivity contribution in [1.29, 1.82) is 0 Å². The third-order valence-corrected chi connectivity index (χ3v) is 8.67. The number of aromatic nitrogens is 3. The minimum atomic E-state index is -0.395. The van der Waals surface area contributed by atoms with Gasteiger partial charge < -0.3 is 14.8 Å². The van der Waals surface area contributed by atoms with Crippen molar-refractivity contribution >= 4 is 41.0 Å². The van der Waals surface area contributed by atoms with Crippen molar-refractivity contribution in [2.45, 2.75) is 38.0 Å². The molecule has 0 radical (unpaired) electrons. The molecule has 1 atom stereocenters. The summed E-state index contributed by atoms with van der Waals surface area (Å²) in [5.74, 6) is 1.54. The van der Waals surface area contributed by atoms with Crippen LogP contribution in [0.15, 0.2) is 67.0 Å². The zero-order chi connectivity index (χ0) is 29.4. The van der Waals surface area contributed by atoms with Crippen LogP contribution < -0.4 is 19.7 Å². The van der Waals surface area contributed by atoms with E-state index in [-0.39, 0.29) is 36.2 Å². The first kappa shape index (κ1) is 28.1. The summed E-state index contributed by atoms with van der Waals surface area (Å²) in [6.07, 6.45) is 3.38. The second-order valence-electron chi connectivity index (χ2n) is 11.1. The first-order valence-electron chi connectivity index (χ1n) is 13.6. The second kappa shape index (κ2) is 11.3. The number of pyridine rings is 1. The summed E-state index contributed by atoms with van der Waals surface area (Å²) in [6, 6.07) is 16.9. The highest BCUT2D eigenvalue weighted by molar-refractivity contribution is 8.00. The Kier molecular flexibility index (Phi) is 7.59. The zero-order valence-electron chi connectivity index (χ0n) is 23.5. The predicted octanol–water partition coefficient (Wildman–Crippen LogP) is 5.43.